The Hall–Kier alpha value is -1.65. The van der Waals surface area contributed by atoms with E-state index in [9.17, 15) is 13.6 Å². The van der Waals surface area contributed by atoms with Crippen molar-refractivity contribution in [3.63, 3.8) is 0 Å². The first-order valence-electron chi connectivity index (χ1n) is 4.86. The third kappa shape index (κ3) is 3.18. The van der Waals surface area contributed by atoms with Gasteiger partial charge in [0.1, 0.15) is 18.2 Å². The lowest BCUT2D eigenvalue weighted by Gasteiger charge is -2.18. The standard InChI is InChI=1S/C11H13F2NO2/c1-3-16-11(15)7-14(2)10-5-4-8(12)6-9(10)13/h4-6H,3,7H2,1-2H3. The number of likely N-dealkylation sites (N-methyl/N-ethyl adjacent to an activating group) is 1. The van der Waals surface area contributed by atoms with Crippen LogP contribution in [-0.2, 0) is 9.53 Å². The molecule has 1 aromatic carbocycles. The Labute approximate surface area is 92.6 Å². The Kier molecular flexibility index (Phi) is 4.22. The molecule has 5 heteroatoms. The molecule has 88 valence electrons. The van der Waals surface area contributed by atoms with Crippen LogP contribution in [0.1, 0.15) is 6.92 Å². The molecule has 0 aliphatic rings. The lowest BCUT2D eigenvalue weighted by molar-refractivity contribution is -0.141. The van der Waals surface area contributed by atoms with E-state index in [0.29, 0.717) is 0 Å². The van der Waals surface area contributed by atoms with Crippen molar-refractivity contribution in [2.75, 3.05) is 25.1 Å². The molecule has 0 aromatic heterocycles. The summed E-state index contributed by atoms with van der Waals surface area (Å²) in [5.74, 6) is -1.80. The van der Waals surface area contributed by atoms with Crippen LogP contribution in [0.3, 0.4) is 0 Å². The van der Waals surface area contributed by atoms with Gasteiger partial charge in [-0.25, -0.2) is 8.78 Å². The molecule has 0 N–H and O–H groups in total. The van der Waals surface area contributed by atoms with Crippen LogP contribution in [0.4, 0.5) is 14.5 Å². The fourth-order valence-electron chi connectivity index (χ4n) is 1.28. The van der Waals surface area contributed by atoms with Gasteiger partial charge in [0.2, 0.25) is 0 Å². The first-order valence-corrected chi connectivity index (χ1v) is 4.86. The maximum Gasteiger partial charge on any atom is 0.325 e. The van der Waals surface area contributed by atoms with Gasteiger partial charge in [0.05, 0.1) is 12.3 Å². The predicted molar refractivity (Wildman–Crippen MR) is 56.3 cm³/mol. The van der Waals surface area contributed by atoms with Crippen LogP contribution >= 0.6 is 0 Å². The largest absolute Gasteiger partial charge is 0.465 e. The summed E-state index contributed by atoms with van der Waals surface area (Å²) >= 11 is 0. The molecule has 0 spiro atoms. The highest BCUT2D eigenvalue weighted by Crippen LogP contribution is 2.18. The molecule has 0 saturated heterocycles. The highest BCUT2D eigenvalue weighted by molar-refractivity contribution is 5.75. The Morgan fingerprint density at radius 3 is 2.69 bits per heavy atom. The number of ether oxygens (including phenoxy) is 1. The zero-order valence-electron chi connectivity index (χ0n) is 9.17. The molecule has 0 fully saturated rings. The molecular formula is C11H13F2NO2. The lowest BCUT2D eigenvalue weighted by Crippen LogP contribution is -2.27. The zero-order chi connectivity index (χ0) is 12.1. The molecule has 3 nitrogen and oxygen atoms in total. The number of esters is 1. The van der Waals surface area contributed by atoms with Crippen LogP contribution in [-0.4, -0.2) is 26.2 Å². The molecule has 0 bridgehead atoms. The second kappa shape index (κ2) is 5.44. The van der Waals surface area contributed by atoms with Gasteiger partial charge in [-0.05, 0) is 19.1 Å². The van der Waals surface area contributed by atoms with Crippen LogP contribution in [0.2, 0.25) is 0 Å². The molecule has 0 atom stereocenters. The van der Waals surface area contributed by atoms with E-state index in [4.69, 9.17) is 4.74 Å². The molecule has 0 heterocycles. The Morgan fingerprint density at radius 1 is 1.44 bits per heavy atom. The van der Waals surface area contributed by atoms with Gasteiger partial charge in [-0.3, -0.25) is 4.79 Å². The fraction of sp³-hybridized carbons (Fsp3) is 0.364. The number of carbonyl (C=O) groups excluding carboxylic acids is 1. The lowest BCUT2D eigenvalue weighted by atomic mass is 10.2. The van der Waals surface area contributed by atoms with Crippen LogP contribution in [0, 0.1) is 11.6 Å². The van der Waals surface area contributed by atoms with E-state index in [1.807, 2.05) is 0 Å². The third-order valence-electron chi connectivity index (χ3n) is 1.99. The van der Waals surface area contributed by atoms with Crippen molar-refractivity contribution in [2.24, 2.45) is 0 Å². The van der Waals surface area contributed by atoms with Gasteiger partial charge in [0, 0.05) is 13.1 Å². The molecule has 1 aromatic rings. The van der Waals surface area contributed by atoms with Crippen molar-refractivity contribution >= 4 is 11.7 Å². The average Bonchev–Trinajstić information content (AvgIpc) is 2.17. The summed E-state index contributed by atoms with van der Waals surface area (Å²) in [5.41, 5.74) is 0.162. The van der Waals surface area contributed by atoms with Gasteiger partial charge < -0.3 is 9.64 Å². The van der Waals surface area contributed by atoms with Crippen LogP contribution in [0.5, 0.6) is 0 Å². The summed E-state index contributed by atoms with van der Waals surface area (Å²) < 4.78 is 30.7. The fourth-order valence-corrected chi connectivity index (χ4v) is 1.28. The second-order valence-electron chi connectivity index (χ2n) is 3.26. The predicted octanol–water partition coefficient (Wildman–Crippen LogP) is 1.96. The smallest absolute Gasteiger partial charge is 0.325 e. The van der Waals surface area contributed by atoms with E-state index in [2.05, 4.69) is 0 Å². The Morgan fingerprint density at radius 2 is 2.12 bits per heavy atom. The third-order valence-corrected chi connectivity index (χ3v) is 1.99. The van der Waals surface area contributed by atoms with E-state index in [0.717, 1.165) is 12.1 Å². The van der Waals surface area contributed by atoms with Gasteiger partial charge in [0.15, 0.2) is 0 Å². The normalized spacial score (nSPS) is 10.0. The molecule has 16 heavy (non-hydrogen) atoms. The van der Waals surface area contributed by atoms with E-state index < -0.39 is 17.6 Å². The summed E-state index contributed by atoms with van der Waals surface area (Å²) in [4.78, 5) is 12.5. The number of carbonyl (C=O) groups is 1. The number of rotatable bonds is 4. The first kappa shape index (κ1) is 12.4. The van der Waals surface area contributed by atoms with Crippen molar-refractivity contribution < 1.29 is 18.3 Å². The molecule has 0 aliphatic carbocycles. The number of hydrogen-bond acceptors (Lipinski definition) is 3. The molecule has 0 aliphatic heterocycles. The van der Waals surface area contributed by atoms with E-state index >= 15 is 0 Å². The van der Waals surface area contributed by atoms with Crippen LogP contribution in [0.15, 0.2) is 18.2 Å². The van der Waals surface area contributed by atoms with Gasteiger partial charge in [0.25, 0.3) is 0 Å². The number of nitrogens with zero attached hydrogens (tertiary/aromatic N) is 1. The van der Waals surface area contributed by atoms with Gasteiger partial charge in [-0.15, -0.1) is 0 Å². The molecule has 0 amide bonds. The summed E-state index contributed by atoms with van der Waals surface area (Å²) in [6.45, 7) is 1.89. The summed E-state index contributed by atoms with van der Waals surface area (Å²) in [7, 11) is 1.53. The summed E-state index contributed by atoms with van der Waals surface area (Å²) in [5, 5.41) is 0. The minimum atomic E-state index is -0.702. The van der Waals surface area contributed by atoms with E-state index in [-0.39, 0.29) is 18.8 Å². The minimum absolute atomic E-state index is 0.0730. The number of halogens is 2. The van der Waals surface area contributed by atoms with Crippen molar-refractivity contribution in [2.45, 2.75) is 6.92 Å². The molecule has 0 saturated carbocycles. The van der Waals surface area contributed by atoms with E-state index in [1.54, 1.807) is 6.92 Å². The number of anilines is 1. The highest BCUT2D eigenvalue weighted by Gasteiger charge is 2.12. The van der Waals surface area contributed by atoms with E-state index in [1.165, 1.54) is 18.0 Å². The van der Waals surface area contributed by atoms with Crippen molar-refractivity contribution in [1.29, 1.82) is 0 Å². The van der Waals surface area contributed by atoms with Crippen molar-refractivity contribution in [3.8, 4) is 0 Å². The summed E-state index contributed by atoms with van der Waals surface area (Å²) in [6.07, 6.45) is 0. The van der Waals surface area contributed by atoms with Gasteiger partial charge in [-0.2, -0.15) is 0 Å². The van der Waals surface area contributed by atoms with Crippen molar-refractivity contribution in [3.05, 3.63) is 29.8 Å². The Bertz CT molecular complexity index is 382. The van der Waals surface area contributed by atoms with Crippen LogP contribution in [0.25, 0.3) is 0 Å². The zero-order valence-corrected chi connectivity index (χ0v) is 9.17. The SMILES string of the molecule is CCOC(=O)CN(C)c1ccc(F)cc1F. The molecule has 0 radical (unpaired) electrons. The number of benzene rings is 1. The maximum absolute atomic E-state index is 13.3. The minimum Gasteiger partial charge on any atom is -0.465 e. The second-order valence-corrected chi connectivity index (χ2v) is 3.26. The Balaban J connectivity index is 2.72. The first-order chi connectivity index (χ1) is 7.54. The highest BCUT2D eigenvalue weighted by atomic mass is 19.1. The maximum atomic E-state index is 13.3. The molecule has 1 rings (SSSR count). The number of hydrogen-bond donors (Lipinski definition) is 0. The summed E-state index contributed by atoms with van der Waals surface area (Å²) in [6, 6.07) is 3.20. The monoisotopic (exact) mass is 229 g/mol. The quantitative estimate of drug-likeness (QED) is 0.739. The van der Waals surface area contributed by atoms with Crippen molar-refractivity contribution in [1.82, 2.24) is 0 Å². The average molecular weight is 229 g/mol. The van der Waals surface area contributed by atoms with Gasteiger partial charge in [-0.1, -0.05) is 0 Å². The molecule has 0 unspecified atom stereocenters. The molecular weight excluding hydrogens is 216 g/mol. The van der Waals surface area contributed by atoms with Gasteiger partial charge >= 0.3 is 5.97 Å². The van der Waals surface area contributed by atoms with Crippen LogP contribution < -0.4 is 4.90 Å². The topological polar surface area (TPSA) is 29.5 Å².